The van der Waals surface area contributed by atoms with E-state index in [1.54, 1.807) is 19.1 Å². The van der Waals surface area contributed by atoms with Crippen LogP contribution in [0.1, 0.15) is 71.9 Å². The van der Waals surface area contributed by atoms with E-state index in [-0.39, 0.29) is 29.5 Å². The van der Waals surface area contributed by atoms with Crippen molar-refractivity contribution in [2.75, 3.05) is 6.61 Å². The minimum absolute atomic E-state index is 0.0884. The van der Waals surface area contributed by atoms with Gasteiger partial charge in [0.2, 0.25) is 0 Å². The number of aromatic hydroxyl groups is 1. The predicted octanol–water partition coefficient (Wildman–Crippen LogP) is 8.20. The van der Waals surface area contributed by atoms with Gasteiger partial charge in [0, 0.05) is 17.6 Å². The van der Waals surface area contributed by atoms with Gasteiger partial charge in [0.25, 0.3) is 0 Å². The van der Waals surface area contributed by atoms with Crippen LogP contribution in [0.2, 0.25) is 0 Å². The van der Waals surface area contributed by atoms with Crippen LogP contribution in [0, 0.1) is 16.7 Å². The van der Waals surface area contributed by atoms with Crippen molar-refractivity contribution < 1.29 is 24.1 Å². The van der Waals surface area contributed by atoms with Crippen molar-refractivity contribution in [2.45, 2.75) is 73.2 Å². The Morgan fingerprint density at radius 1 is 1.05 bits per heavy atom. The molecule has 5 heteroatoms. The van der Waals surface area contributed by atoms with E-state index in [9.17, 15) is 9.90 Å². The Hall–Kier alpha value is -3.31. The number of carbonyl (C=O) groups is 1. The highest BCUT2D eigenvalue weighted by molar-refractivity contribution is 5.87. The standard InChI is InChI=1S/C20H22O3.C14H22O2/c1-3-22-16(2)23-20-14-10-18(11-15-20)7-5-4-6-17-8-12-19(21)13-9-17;1-9(2)12(15)16-11-8-10-6-7-14(11,5)13(10,3)4/h4-16,21H,3H2,1-2H3;10-11H,1,6-8H2,2-5H3. The summed E-state index contributed by atoms with van der Waals surface area (Å²) < 4.78 is 16.6. The maximum absolute atomic E-state index is 11.6. The molecule has 4 atom stereocenters. The number of allylic oxidation sites excluding steroid dienone is 2. The topological polar surface area (TPSA) is 65.0 Å². The summed E-state index contributed by atoms with van der Waals surface area (Å²) in [5.41, 5.74) is 3.09. The van der Waals surface area contributed by atoms with Crippen molar-refractivity contribution in [1.29, 1.82) is 0 Å². The third-order valence-corrected chi connectivity index (χ3v) is 8.48. The molecule has 2 aliphatic carbocycles. The maximum Gasteiger partial charge on any atom is 0.333 e. The fourth-order valence-electron chi connectivity index (χ4n) is 5.57. The van der Waals surface area contributed by atoms with E-state index in [2.05, 4.69) is 27.4 Å². The third kappa shape index (κ3) is 7.63. The lowest BCUT2D eigenvalue weighted by atomic mass is 9.70. The summed E-state index contributed by atoms with van der Waals surface area (Å²) >= 11 is 0. The first-order chi connectivity index (χ1) is 18.5. The highest BCUT2D eigenvalue weighted by Gasteiger charge is 2.62. The van der Waals surface area contributed by atoms with Gasteiger partial charge in [-0.05, 0) is 86.8 Å². The highest BCUT2D eigenvalue weighted by atomic mass is 16.7. The summed E-state index contributed by atoms with van der Waals surface area (Å²) in [6.07, 6.45) is 11.3. The molecule has 0 aromatic heterocycles. The van der Waals surface area contributed by atoms with Crippen molar-refractivity contribution in [3.05, 3.63) is 84.0 Å². The number of hydrogen-bond donors (Lipinski definition) is 1. The van der Waals surface area contributed by atoms with Crippen molar-refractivity contribution in [1.82, 2.24) is 0 Å². The minimum atomic E-state index is -0.241. The van der Waals surface area contributed by atoms with Gasteiger partial charge >= 0.3 is 5.97 Å². The second-order valence-corrected chi connectivity index (χ2v) is 11.3. The molecule has 0 aliphatic heterocycles. The van der Waals surface area contributed by atoms with E-state index in [1.807, 2.05) is 74.5 Å². The molecule has 2 bridgehead atoms. The molecule has 210 valence electrons. The Morgan fingerprint density at radius 2 is 1.62 bits per heavy atom. The average Bonchev–Trinajstić information content (AvgIpc) is 3.23. The van der Waals surface area contributed by atoms with Crippen LogP contribution in [0.3, 0.4) is 0 Å². The molecule has 2 aliphatic rings. The van der Waals surface area contributed by atoms with Gasteiger partial charge in [-0.25, -0.2) is 4.79 Å². The zero-order valence-electron chi connectivity index (χ0n) is 24.3. The number of benzene rings is 2. The second kappa shape index (κ2) is 13.2. The summed E-state index contributed by atoms with van der Waals surface area (Å²) in [5.74, 6) is 1.55. The summed E-state index contributed by atoms with van der Waals surface area (Å²) in [7, 11) is 0. The van der Waals surface area contributed by atoms with Gasteiger partial charge in [-0.3, -0.25) is 0 Å². The number of phenols is 1. The summed E-state index contributed by atoms with van der Waals surface area (Å²) in [5, 5.41) is 9.23. The lowest BCUT2D eigenvalue weighted by Gasteiger charge is -2.38. The lowest BCUT2D eigenvalue weighted by molar-refractivity contribution is -0.151. The molecule has 5 nitrogen and oxygen atoms in total. The SMILES string of the molecule is C=C(C)C(=O)OC1CC2CCC1(C)C2(C)C.CCOC(C)Oc1ccc(C=CC=Cc2ccc(O)cc2)cc1. The fraction of sp³-hybridized carbons (Fsp3) is 0.441. The minimum Gasteiger partial charge on any atom is -0.508 e. The first kappa shape index (κ1) is 30.2. The van der Waals surface area contributed by atoms with Gasteiger partial charge in [0.15, 0.2) is 6.29 Å². The second-order valence-electron chi connectivity index (χ2n) is 11.3. The Labute approximate surface area is 234 Å². The zero-order chi connectivity index (χ0) is 28.6. The number of ether oxygens (including phenoxy) is 3. The quantitative estimate of drug-likeness (QED) is 0.153. The summed E-state index contributed by atoms with van der Waals surface area (Å²) in [6, 6.07) is 14.9. The molecule has 39 heavy (non-hydrogen) atoms. The molecule has 2 aromatic carbocycles. The van der Waals surface area contributed by atoms with Gasteiger partial charge in [-0.15, -0.1) is 0 Å². The van der Waals surface area contributed by atoms with Gasteiger partial charge < -0.3 is 19.3 Å². The summed E-state index contributed by atoms with van der Waals surface area (Å²) in [6.45, 7) is 16.7. The third-order valence-electron chi connectivity index (χ3n) is 8.48. The zero-order valence-corrected chi connectivity index (χ0v) is 24.3. The fourth-order valence-corrected chi connectivity index (χ4v) is 5.57. The predicted molar refractivity (Wildman–Crippen MR) is 158 cm³/mol. The molecule has 2 aromatic rings. The molecule has 0 amide bonds. The molecule has 1 N–H and O–H groups in total. The van der Waals surface area contributed by atoms with Crippen LogP contribution in [0.25, 0.3) is 12.2 Å². The van der Waals surface area contributed by atoms with Gasteiger partial charge in [0.1, 0.15) is 17.6 Å². The number of phenolic OH excluding ortho intramolecular Hbond substituents is 1. The number of rotatable bonds is 9. The smallest absolute Gasteiger partial charge is 0.333 e. The van der Waals surface area contributed by atoms with Crippen molar-refractivity contribution in [3.8, 4) is 11.5 Å². The molecule has 0 spiro atoms. The molecular weight excluding hydrogens is 488 g/mol. The van der Waals surface area contributed by atoms with E-state index >= 15 is 0 Å². The largest absolute Gasteiger partial charge is 0.508 e. The molecule has 4 rings (SSSR count). The molecule has 0 saturated heterocycles. The Morgan fingerprint density at radius 3 is 2.08 bits per heavy atom. The molecule has 2 fully saturated rings. The van der Waals surface area contributed by atoms with Crippen LogP contribution in [0.4, 0.5) is 0 Å². The lowest BCUT2D eigenvalue weighted by Crippen LogP contribution is -2.38. The molecular formula is C34H44O5. The van der Waals surface area contributed by atoms with E-state index in [0.29, 0.717) is 23.5 Å². The van der Waals surface area contributed by atoms with E-state index < -0.39 is 0 Å². The molecule has 0 heterocycles. The molecule has 0 radical (unpaired) electrons. The Kier molecular flexibility index (Phi) is 10.2. The number of fused-ring (bicyclic) bond motifs is 2. The molecule has 4 unspecified atom stereocenters. The summed E-state index contributed by atoms with van der Waals surface area (Å²) in [4.78, 5) is 11.6. The van der Waals surface area contributed by atoms with E-state index in [1.165, 1.54) is 12.8 Å². The van der Waals surface area contributed by atoms with Crippen LogP contribution in [0.15, 0.2) is 72.8 Å². The van der Waals surface area contributed by atoms with Gasteiger partial charge in [-0.2, -0.15) is 0 Å². The average molecular weight is 533 g/mol. The van der Waals surface area contributed by atoms with E-state index in [4.69, 9.17) is 14.2 Å². The number of hydrogen-bond acceptors (Lipinski definition) is 5. The van der Waals surface area contributed by atoms with Crippen molar-refractivity contribution in [3.63, 3.8) is 0 Å². The van der Waals surface area contributed by atoms with Gasteiger partial charge in [-0.1, -0.05) is 75.9 Å². The first-order valence-corrected chi connectivity index (χ1v) is 13.8. The highest BCUT2D eigenvalue weighted by Crippen LogP contribution is 2.66. The van der Waals surface area contributed by atoms with Crippen LogP contribution in [-0.2, 0) is 14.3 Å². The maximum atomic E-state index is 11.6. The van der Waals surface area contributed by atoms with Crippen molar-refractivity contribution >= 4 is 18.1 Å². The first-order valence-electron chi connectivity index (χ1n) is 13.8. The van der Waals surface area contributed by atoms with Crippen molar-refractivity contribution in [2.24, 2.45) is 16.7 Å². The van der Waals surface area contributed by atoms with Crippen LogP contribution in [-0.4, -0.2) is 30.1 Å². The molecule has 2 saturated carbocycles. The Balaban J connectivity index is 0.000000230. The van der Waals surface area contributed by atoms with E-state index in [0.717, 1.165) is 23.3 Å². The monoisotopic (exact) mass is 532 g/mol. The van der Waals surface area contributed by atoms with Crippen LogP contribution >= 0.6 is 0 Å². The van der Waals surface area contributed by atoms with Crippen LogP contribution < -0.4 is 4.74 Å². The van der Waals surface area contributed by atoms with Crippen LogP contribution in [0.5, 0.6) is 11.5 Å². The number of carbonyl (C=O) groups excluding carboxylic acids is 1. The van der Waals surface area contributed by atoms with Gasteiger partial charge in [0.05, 0.1) is 0 Å². The Bertz CT molecular complexity index is 1160. The normalized spacial score (nSPS) is 23.8. The number of esters is 1.